The lowest BCUT2D eigenvalue weighted by atomic mass is 10.1. The fourth-order valence-corrected chi connectivity index (χ4v) is 3.88. The Morgan fingerprint density at radius 3 is 2.84 bits per heavy atom. The second kappa shape index (κ2) is 11.4. The number of rotatable bonds is 9. The zero-order valence-corrected chi connectivity index (χ0v) is 18.4. The summed E-state index contributed by atoms with van der Waals surface area (Å²) in [5.74, 6) is -0.326. The van der Waals surface area contributed by atoms with E-state index in [1.165, 1.54) is 6.07 Å². The van der Waals surface area contributed by atoms with Gasteiger partial charge >= 0.3 is 0 Å². The molecule has 31 heavy (non-hydrogen) atoms. The largest absolute Gasteiger partial charge is 0.488 e. The monoisotopic (exact) mass is 449 g/mol. The SMILES string of the molecule is C[C@H]1CN(CC(=O)NCc2cccc(Cl)c2)CCN1C[C@@H](O)COc1ccccc1F. The van der Waals surface area contributed by atoms with Crippen LogP contribution in [0.1, 0.15) is 12.5 Å². The third-order valence-electron chi connectivity index (χ3n) is 5.31. The molecule has 0 aliphatic carbocycles. The second-order valence-electron chi connectivity index (χ2n) is 7.88. The molecule has 0 saturated carbocycles. The van der Waals surface area contributed by atoms with Crippen LogP contribution in [0, 0.1) is 5.82 Å². The van der Waals surface area contributed by atoms with E-state index in [0.29, 0.717) is 24.7 Å². The van der Waals surface area contributed by atoms with Crippen LogP contribution in [-0.2, 0) is 11.3 Å². The molecule has 1 heterocycles. The number of para-hydroxylation sites is 1. The quantitative estimate of drug-likeness (QED) is 0.616. The summed E-state index contributed by atoms with van der Waals surface area (Å²) in [7, 11) is 0. The summed E-state index contributed by atoms with van der Waals surface area (Å²) < 4.78 is 19.0. The van der Waals surface area contributed by atoms with Crippen molar-refractivity contribution < 1.29 is 19.0 Å². The molecule has 0 spiro atoms. The van der Waals surface area contributed by atoms with Crippen molar-refractivity contribution in [3.8, 4) is 5.75 Å². The van der Waals surface area contributed by atoms with Crippen molar-refractivity contribution in [1.82, 2.24) is 15.1 Å². The minimum Gasteiger partial charge on any atom is -0.488 e. The molecule has 2 atom stereocenters. The van der Waals surface area contributed by atoms with E-state index in [2.05, 4.69) is 22.0 Å². The first-order chi connectivity index (χ1) is 14.9. The molecule has 1 amide bonds. The van der Waals surface area contributed by atoms with E-state index in [-0.39, 0.29) is 24.3 Å². The van der Waals surface area contributed by atoms with Crippen molar-refractivity contribution in [3.05, 3.63) is 64.9 Å². The van der Waals surface area contributed by atoms with E-state index in [1.54, 1.807) is 24.3 Å². The number of nitrogens with zero attached hydrogens (tertiary/aromatic N) is 2. The lowest BCUT2D eigenvalue weighted by molar-refractivity contribution is -0.123. The average molecular weight is 450 g/mol. The van der Waals surface area contributed by atoms with Crippen molar-refractivity contribution >= 4 is 17.5 Å². The molecule has 1 aliphatic rings. The Morgan fingerprint density at radius 1 is 1.29 bits per heavy atom. The van der Waals surface area contributed by atoms with E-state index >= 15 is 0 Å². The minimum absolute atomic E-state index is 0.0276. The lowest BCUT2D eigenvalue weighted by Crippen LogP contribution is -2.55. The Morgan fingerprint density at radius 2 is 2.10 bits per heavy atom. The number of halogens is 2. The van der Waals surface area contributed by atoms with Crippen LogP contribution in [0.5, 0.6) is 5.75 Å². The Hall–Kier alpha value is -2.19. The minimum atomic E-state index is -0.727. The number of carbonyl (C=O) groups excluding carboxylic acids is 1. The van der Waals surface area contributed by atoms with Crippen LogP contribution in [0.25, 0.3) is 0 Å². The first kappa shape index (κ1) is 23.5. The van der Waals surface area contributed by atoms with Gasteiger partial charge in [0.2, 0.25) is 5.91 Å². The van der Waals surface area contributed by atoms with Crippen LogP contribution < -0.4 is 10.1 Å². The van der Waals surface area contributed by atoms with E-state index in [4.69, 9.17) is 16.3 Å². The Labute approximate surface area is 187 Å². The molecule has 2 N–H and O–H groups in total. The smallest absolute Gasteiger partial charge is 0.234 e. The molecule has 0 unspecified atom stereocenters. The van der Waals surface area contributed by atoms with Crippen molar-refractivity contribution in [2.24, 2.45) is 0 Å². The standard InChI is InChI=1S/C23H29ClFN3O3/c1-17-13-27(15-23(30)26-12-18-5-4-6-19(24)11-18)9-10-28(17)14-20(29)16-31-22-8-3-2-7-21(22)25/h2-8,11,17,20,29H,9-10,12-16H2,1H3,(H,26,30)/t17-,20+/m0/s1. The molecule has 0 aromatic heterocycles. The number of piperazine rings is 1. The van der Waals surface area contributed by atoms with E-state index in [0.717, 1.165) is 25.2 Å². The summed E-state index contributed by atoms with van der Waals surface area (Å²) in [5.41, 5.74) is 0.964. The van der Waals surface area contributed by atoms with Gasteiger partial charge < -0.3 is 15.2 Å². The van der Waals surface area contributed by atoms with Crippen molar-refractivity contribution in [3.63, 3.8) is 0 Å². The summed E-state index contributed by atoms with van der Waals surface area (Å²) in [6.07, 6.45) is -0.727. The predicted molar refractivity (Wildman–Crippen MR) is 119 cm³/mol. The molecule has 1 saturated heterocycles. The zero-order valence-electron chi connectivity index (χ0n) is 17.6. The molecule has 1 aliphatic heterocycles. The maximum Gasteiger partial charge on any atom is 0.234 e. The second-order valence-corrected chi connectivity index (χ2v) is 8.32. The fourth-order valence-electron chi connectivity index (χ4n) is 3.66. The van der Waals surface area contributed by atoms with Gasteiger partial charge in [-0.15, -0.1) is 0 Å². The maximum absolute atomic E-state index is 13.6. The molecule has 168 valence electrons. The van der Waals surface area contributed by atoms with Crippen LogP contribution >= 0.6 is 11.6 Å². The van der Waals surface area contributed by atoms with Gasteiger partial charge in [-0.05, 0) is 36.8 Å². The third-order valence-corrected chi connectivity index (χ3v) is 5.54. The molecule has 2 aromatic rings. The zero-order chi connectivity index (χ0) is 22.2. The van der Waals surface area contributed by atoms with Gasteiger partial charge in [-0.1, -0.05) is 35.9 Å². The molecule has 1 fully saturated rings. The predicted octanol–water partition coefficient (Wildman–Crippen LogP) is 2.54. The van der Waals surface area contributed by atoms with Crippen molar-refractivity contribution in [2.45, 2.75) is 25.6 Å². The summed E-state index contributed by atoms with van der Waals surface area (Å²) in [6.45, 7) is 5.51. The highest BCUT2D eigenvalue weighted by Gasteiger charge is 2.26. The summed E-state index contributed by atoms with van der Waals surface area (Å²) >= 11 is 5.97. The number of β-amino-alcohol motifs (C(OH)–C–C–N with tert-alkyl or cyclic N) is 1. The van der Waals surface area contributed by atoms with Crippen LogP contribution in [0.3, 0.4) is 0 Å². The number of ether oxygens (including phenoxy) is 1. The van der Waals surface area contributed by atoms with Gasteiger partial charge in [-0.25, -0.2) is 4.39 Å². The number of carbonyl (C=O) groups is 1. The highest BCUT2D eigenvalue weighted by Crippen LogP contribution is 2.16. The number of aliphatic hydroxyl groups excluding tert-OH is 1. The molecule has 6 nitrogen and oxygen atoms in total. The number of amides is 1. The normalized spacial score (nSPS) is 18.5. The number of hydrogen-bond donors (Lipinski definition) is 2. The molecule has 3 rings (SSSR count). The number of hydrogen-bond acceptors (Lipinski definition) is 5. The molecular formula is C23H29ClFN3O3. The first-order valence-corrected chi connectivity index (χ1v) is 10.8. The van der Waals surface area contributed by atoms with Crippen LogP contribution in [0.2, 0.25) is 5.02 Å². The molecule has 0 bridgehead atoms. The van der Waals surface area contributed by atoms with Gasteiger partial charge in [-0.3, -0.25) is 14.6 Å². The highest BCUT2D eigenvalue weighted by molar-refractivity contribution is 6.30. The van der Waals surface area contributed by atoms with Crippen molar-refractivity contribution in [1.29, 1.82) is 0 Å². The highest BCUT2D eigenvalue weighted by atomic mass is 35.5. The Balaban J connectivity index is 1.37. The van der Waals surface area contributed by atoms with E-state index in [9.17, 15) is 14.3 Å². The summed E-state index contributed by atoms with van der Waals surface area (Å²) in [6, 6.07) is 13.8. The Kier molecular flexibility index (Phi) is 8.66. The van der Waals surface area contributed by atoms with Crippen LogP contribution in [-0.4, -0.2) is 72.3 Å². The number of nitrogens with one attached hydrogen (secondary N) is 1. The average Bonchev–Trinajstić information content (AvgIpc) is 2.74. The van der Waals surface area contributed by atoms with Crippen LogP contribution in [0.4, 0.5) is 4.39 Å². The van der Waals surface area contributed by atoms with Crippen LogP contribution in [0.15, 0.2) is 48.5 Å². The first-order valence-electron chi connectivity index (χ1n) is 10.4. The fraction of sp³-hybridized carbons (Fsp3) is 0.435. The van der Waals surface area contributed by atoms with E-state index < -0.39 is 11.9 Å². The van der Waals surface area contributed by atoms with Gasteiger partial charge in [-0.2, -0.15) is 0 Å². The third kappa shape index (κ3) is 7.47. The topological polar surface area (TPSA) is 65.0 Å². The molecule has 0 radical (unpaired) electrons. The maximum atomic E-state index is 13.6. The summed E-state index contributed by atoms with van der Waals surface area (Å²) in [5, 5.41) is 13.9. The van der Waals surface area contributed by atoms with Gasteiger partial charge in [0.15, 0.2) is 11.6 Å². The van der Waals surface area contributed by atoms with Gasteiger partial charge in [0, 0.05) is 43.8 Å². The summed E-state index contributed by atoms with van der Waals surface area (Å²) in [4.78, 5) is 16.6. The van der Waals surface area contributed by atoms with Gasteiger partial charge in [0.25, 0.3) is 0 Å². The molecule has 2 aromatic carbocycles. The van der Waals surface area contributed by atoms with Gasteiger partial charge in [0.1, 0.15) is 12.7 Å². The van der Waals surface area contributed by atoms with Crippen molar-refractivity contribution in [2.75, 3.05) is 39.3 Å². The molecular weight excluding hydrogens is 421 g/mol. The number of benzene rings is 2. The number of aliphatic hydroxyl groups is 1. The lowest BCUT2D eigenvalue weighted by Gasteiger charge is -2.40. The Bertz CT molecular complexity index is 869. The van der Waals surface area contributed by atoms with Gasteiger partial charge in [0.05, 0.1) is 6.54 Å². The van der Waals surface area contributed by atoms with E-state index in [1.807, 2.05) is 18.2 Å². The molecule has 8 heteroatoms.